The van der Waals surface area contributed by atoms with Crippen LogP contribution in [0.25, 0.3) is 0 Å². The van der Waals surface area contributed by atoms with Crippen LogP contribution in [0.4, 0.5) is 20.0 Å². The van der Waals surface area contributed by atoms with Gasteiger partial charge in [-0.15, -0.1) is 11.3 Å². The number of carbonyl (C=O) groups excluding carboxylic acids is 1. The van der Waals surface area contributed by atoms with Crippen molar-refractivity contribution in [2.24, 2.45) is 0 Å². The maximum absolute atomic E-state index is 13.8. The highest BCUT2D eigenvalue weighted by atomic mass is 32.1. The van der Waals surface area contributed by atoms with Gasteiger partial charge in [-0.05, 0) is 67.9 Å². The average Bonchev–Trinajstić information content (AvgIpc) is 3.41. The molecule has 0 saturated carbocycles. The number of aryl methyl sites for hydroxylation is 1. The molecule has 6 nitrogen and oxygen atoms in total. The van der Waals surface area contributed by atoms with Crippen LogP contribution in [0.1, 0.15) is 56.2 Å². The number of halogens is 1. The lowest BCUT2D eigenvalue weighted by atomic mass is 10.0. The molecule has 196 valence electrons. The van der Waals surface area contributed by atoms with Crippen molar-refractivity contribution in [1.29, 1.82) is 0 Å². The molecule has 1 fully saturated rings. The van der Waals surface area contributed by atoms with E-state index in [1.807, 2.05) is 11.0 Å². The van der Waals surface area contributed by atoms with Gasteiger partial charge in [0.2, 0.25) is 0 Å². The molecule has 1 atom stereocenters. The van der Waals surface area contributed by atoms with Crippen molar-refractivity contribution >= 4 is 36.5 Å². The Labute approximate surface area is 219 Å². The lowest BCUT2D eigenvalue weighted by molar-refractivity contribution is 0.165. The molecule has 0 bridgehead atoms. The van der Waals surface area contributed by atoms with E-state index in [4.69, 9.17) is 9.41 Å². The first-order valence-corrected chi connectivity index (χ1v) is 17.0. The standard InChI is InChI=1S/C27H39FN4O2SSi/c1-27(2,3)36(4,5)34-21-8-9-22-24(17-21)35-25(29-22)30-26(33)31-13-11-20(12-14-31)32-15-10-18-6-7-19(28)16-23(18)32/h6-7,16,20-21H,8-15,17H2,1-5H3,(H,29,30,33). The zero-order valence-corrected chi connectivity index (χ0v) is 24.0. The van der Waals surface area contributed by atoms with Gasteiger partial charge in [0.1, 0.15) is 5.82 Å². The second-order valence-electron chi connectivity index (χ2n) is 12.0. The molecule has 3 heterocycles. The van der Waals surface area contributed by atoms with Gasteiger partial charge in [0.05, 0.1) is 11.8 Å². The highest BCUT2D eigenvalue weighted by Gasteiger charge is 2.40. The molecule has 9 heteroatoms. The molecule has 1 N–H and O–H groups in total. The van der Waals surface area contributed by atoms with Crippen LogP contribution >= 0.6 is 11.3 Å². The third-order valence-corrected chi connectivity index (χ3v) is 14.1. The molecule has 0 spiro atoms. The maximum atomic E-state index is 13.8. The Morgan fingerprint density at radius 3 is 2.64 bits per heavy atom. The smallest absolute Gasteiger partial charge is 0.323 e. The highest BCUT2D eigenvalue weighted by molar-refractivity contribution is 7.15. The lowest BCUT2D eigenvalue weighted by Gasteiger charge is -2.40. The second kappa shape index (κ2) is 9.72. The van der Waals surface area contributed by atoms with Crippen molar-refractivity contribution in [3.63, 3.8) is 0 Å². The molecule has 2 aliphatic heterocycles. The molecule has 1 aromatic carbocycles. The van der Waals surface area contributed by atoms with E-state index in [0.29, 0.717) is 24.3 Å². The summed E-state index contributed by atoms with van der Waals surface area (Å²) in [6.45, 7) is 13.8. The van der Waals surface area contributed by atoms with E-state index in [0.717, 1.165) is 56.5 Å². The minimum absolute atomic E-state index is 0.0681. The molecule has 1 aliphatic carbocycles. The van der Waals surface area contributed by atoms with Crippen LogP contribution in [0.3, 0.4) is 0 Å². The van der Waals surface area contributed by atoms with Crippen LogP contribution in [0.15, 0.2) is 18.2 Å². The van der Waals surface area contributed by atoms with Gasteiger partial charge in [-0.1, -0.05) is 26.8 Å². The summed E-state index contributed by atoms with van der Waals surface area (Å²) in [6, 6.07) is 5.40. The number of piperidine rings is 1. The van der Waals surface area contributed by atoms with Crippen molar-refractivity contribution in [2.45, 2.75) is 89.6 Å². The van der Waals surface area contributed by atoms with E-state index < -0.39 is 8.32 Å². The van der Waals surface area contributed by atoms with Gasteiger partial charge in [-0.2, -0.15) is 0 Å². The molecule has 1 saturated heterocycles. The van der Waals surface area contributed by atoms with E-state index in [1.54, 1.807) is 23.5 Å². The number of nitrogens with zero attached hydrogens (tertiary/aromatic N) is 3. The van der Waals surface area contributed by atoms with Gasteiger partial charge in [-0.3, -0.25) is 5.32 Å². The summed E-state index contributed by atoms with van der Waals surface area (Å²) in [5.41, 5.74) is 3.37. The molecule has 2 amide bonds. The van der Waals surface area contributed by atoms with Crippen molar-refractivity contribution in [1.82, 2.24) is 9.88 Å². The van der Waals surface area contributed by atoms with Crippen LogP contribution in [-0.4, -0.2) is 56.0 Å². The van der Waals surface area contributed by atoms with Crippen molar-refractivity contribution < 1.29 is 13.6 Å². The largest absolute Gasteiger partial charge is 0.414 e. The number of likely N-dealkylation sites (tertiary alicyclic amines) is 1. The third-order valence-electron chi connectivity index (χ3n) is 8.55. The van der Waals surface area contributed by atoms with E-state index in [1.165, 1.54) is 10.4 Å². The Balaban J connectivity index is 1.15. The van der Waals surface area contributed by atoms with Gasteiger partial charge in [0.15, 0.2) is 13.4 Å². The molecule has 36 heavy (non-hydrogen) atoms. The molecule has 1 unspecified atom stereocenters. The minimum Gasteiger partial charge on any atom is -0.414 e. The number of anilines is 2. The Kier molecular flexibility index (Phi) is 6.93. The normalized spacial score (nSPS) is 20.9. The number of amides is 2. The zero-order valence-electron chi connectivity index (χ0n) is 22.2. The number of rotatable bonds is 4. The molecule has 3 aliphatic rings. The van der Waals surface area contributed by atoms with E-state index in [-0.39, 0.29) is 23.0 Å². The maximum Gasteiger partial charge on any atom is 0.323 e. The summed E-state index contributed by atoms with van der Waals surface area (Å²) in [4.78, 5) is 23.2. The van der Waals surface area contributed by atoms with Crippen LogP contribution in [-0.2, 0) is 23.7 Å². The Morgan fingerprint density at radius 1 is 1.17 bits per heavy atom. The number of hydrogen-bond donors (Lipinski definition) is 1. The quantitative estimate of drug-likeness (QED) is 0.477. The third kappa shape index (κ3) is 5.20. The predicted molar refractivity (Wildman–Crippen MR) is 147 cm³/mol. The molecular weight excluding hydrogens is 491 g/mol. The van der Waals surface area contributed by atoms with Gasteiger partial charge >= 0.3 is 6.03 Å². The summed E-state index contributed by atoms with van der Waals surface area (Å²) in [7, 11) is -1.81. The number of fused-ring (bicyclic) bond motifs is 2. The van der Waals surface area contributed by atoms with Gasteiger partial charge in [0, 0.05) is 42.7 Å². The molecule has 0 radical (unpaired) electrons. The van der Waals surface area contributed by atoms with E-state index in [9.17, 15) is 9.18 Å². The van der Waals surface area contributed by atoms with Crippen molar-refractivity contribution in [3.8, 4) is 0 Å². The molecule has 2 aromatic rings. The molecule has 5 rings (SSSR count). The minimum atomic E-state index is -1.81. The van der Waals surface area contributed by atoms with Crippen molar-refractivity contribution in [3.05, 3.63) is 40.2 Å². The Bertz CT molecular complexity index is 1120. The van der Waals surface area contributed by atoms with Crippen LogP contribution in [0.2, 0.25) is 18.1 Å². The second-order valence-corrected chi connectivity index (χ2v) is 17.8. The fourth-order valence-electron chi connectivity index (χ4n) is 5.40. The summed E-state index contributed by atoms with van der Waals surface area (Å²) >= 11 is 1.60. The van der Waals surface area contributed by atoms with Gasteiger partial charge in [0.25, 0.3) is 0 Å². The first kappa shape index (κ1) is 25.7. The predicted octanol–water partition coefficient (Wildman–Crippen LogP) is 6.22. The molecular formula is C27H39FN4O2SSi. The summed E-state index contributed by atoms with van der Waals surface area (Å²) in [5, 5.41) is 3.96. The van der Waals surface area contributed by atoms with Gasteiger partial charge < -0.3 is 14.2 Å². The number of urea groups is 1. The average molecular weight is 531 g/mol. The number of thiazole rings is 1. The lowest BCUT2D eigenvalue weighted by Crippen LogP contribution is -2.47. The number of benzene rings is 1. The van der Waals surface area contributed by atoms with E-state index >= 15 is 0 Å². The Morgan fingerprint density at radius 2 is 1.92 bits per heavy atom. The summed E-state index contributed by atoms with van der Waals surface area (Å²) < 4.78 is 20.5. The first-order chi connectivity index (χ1) is 17.0. The monoisotopic (exact) mass is 530 g/mol. The van der Waals surface area contributed by atoms with Crippen molar-refractivity contribution in [2.75, 3.05) is 29.9 Å². The zero-order chi connectivity index (χ0) is 25.7. The summed E-state index contributed by atoms with van der Waals surface area (Å²) in [6.07, 6.45) is 5.78. The number of nitrogens with one attached hydrogen (secondary N) is 1. The molecule has 1 aromatic heterocycles. The number of hydrogen-bond acceptors (Lipinski definition) is 5. The van der Waals surface area contributed by atoms with Crippen LogP contribution in [0, 0.1) is 5.82 Å². The number of aromatic nitrogens is 1. The Hall–Kier alpha value is -1.97. The fourth-order valence-corrected chi connectivity index (χ4v) is 7.85. The van der Waals surface area contributed by atoms with Crippen LogP contribution in [0.5, 0.6) is 0 Å². The van der Waals surface area contributed by atoms with E-state index in [2.05, 4.69) is 44.1 Å². The summed E-state index contributed by atoms with van der Waals surface area (Å²) in [5.74, 6) is -0.179. The first-order valence-electron chi connectivity index (χ1n) is 13.3. The number of carbonyl (C=O) groups is 1. The van der Waals surface area contributed by atoms with Crippen LogP contribution < -0.4 is 10.2 Å². The highest BCUT2D eigenvalue weighted by Crippen LogP contribution is 2.40. The fraction of sp³-hybridized carbons (Fsp3) is 0.630. The SMILES string of the molecule is CC(C)(C)[Si](C)(C)OC1CCc2nc(NC(=O)N3CCC(N4CCc5ccc(F)cc54)CC3)sc2C1. The topological polar surface area (TPSA) is 57.7 Å². The van der Waals surface area contributed by atoms with Gasteiger partial charge in [-0.25, -0.2) is 14.2 Å².